The number of rotatable bonds is 7. The van der Waals surface area contributed by atoms with E-state index in [1.54, 1.807) is 61.6 Å². The third-order valence-corrected chi connectivity index (χ3v) is 5.86. The predicted octanol–water partition coefficient (Wildman–Crippen LogP) is 4.34. The summed E-state index contributed by atoms with van der Waals surface area (Å²) in [7, 11) is 3.13. The number of methoxy groups -OCH3 is 2. The second-order valence-electron chi connectivity index (χ2n) is 6.38. The molecule has 1 unspecified atom stereocenters. The lowest BCUT2D eigenvalue weighted by atomic mass is 10.2. The van der Waals surface area contributed by atoms with Crippen molar-refractivity contribution in [3.63, 3.8) is 0 Å². The summed E-state index contributed by atoms with van der Waals surface area (Å²) < 4.78 is 10.6. The van der Waals surface area contributed by atoms with Crippen LogP contribution in [0.3, 0.4) is 0 Å². The summed E-state index contributed by atoms with van der Waals surface area (Å²) in [5.41, 5.74) is 1.18. The van der Waals surface area contributed by atoms with Gasteiger partial charge in [0.05, 0.1) is 14.2 Å². The summed E-state index contributed by atoms with van der Waals surface area (Å²) in [6.45, 7) is 2.32. The molecular weight excluding hydrogens is 426 g/mol. The van der Waals surface area contributed by atoms with Crippen LogP contribution in [0, 0.1) is 0 Å². The highest BCUT2D eigenvalue weighted by Gasteiger charge is 2.38. The number of amidine groups is 1. The molecule has 0 saturated carbocycles. The number of carbonyl (C=O) groups excluding carboxylic acids is 2. The van der Waals surface area contributed by atoms with Crippen LogP contribution in [0.25, 0.3) is 0 Å². The highest BCUT2D eigenvalue weighted by atomic mass is 35.5. The molecule has 1 saturated heterocycles. The molecule has 0 bridgehead atoms. The Bertz CT molecular complexity index is 965. The maximum absolute atomic E-state index is 12.8. The van der Waals surface area contributed by atoms with E-state index in [0.29, 0.717) is 39.6 Å². The van der Waals surface area contributed by atoms with Gasteiger partial charge in [-0.05, 0) is 43.3 Å². The highest BCUT2D eigenvalue weighted by Crippen LogP contribution is 2.36. The zero-order valence-corrected chi connectivity index (χ0v) is 18.4. The minimum Gasteiger partial charge on any atom is -0.497 e. The van der Waals surface area contributed by atoms with E-state index in [2.05, 4.69) is 10.3 Å². The molecule has 9 heteroatoms. The van der Waals surface area contributed by atoms with E-state index in [1.165, 1.54) is 11.8 Å². The molecule has 1 aliphatic heterocycles. The number of nitrogens with zero attached hydrogens (tertiary/aromatic N) is 2. The van der Waals surface area contributed by atoms with Crippen molar-refractivity contribution >= 4 is 51.7 Å². The molecule has 1 fully saturated rings. The Morgan fingerprint density at radius 3 is 2.57 bits per heavy atom. The van der Waals surface area contributed by atoms with E-state index in [1.807, 2.05) is 6.92 Å². The zero-order valence-electron chi connectivity index (χ0n) is 16.8. The zero-order chi connectivity index (χ0) is 21.7. The van der Waals surface area contributed by atoms with Crippen LogP contribution in [-0.2, 0) is 9.59 Å². The summed E-state index contributed by atoms with van der Waals surface area (Å²) in [5.74, 6) is 0.802. The van der Waals surface area contributed by atoms with Gasteiger partial charge in [-0.3, -0.25) is 14.5 Å². The summed E-state index contributed by atoms with van der Waals surface area (Å²) in [4.78, 5) is 31.5. The monoisotopic (exact) mass is 447 g/mol. The van der Waals surface area contributed by atoms with Gasteiger partial charge in [0.25, 0.3) is 0 Å². The minimum absolute atomic E-state index is 0.0386. The molecule has 3 rings (SSSR count). The van der Waals surface area contributed by atoms with Crippen LogP contribution < -0.4 is 14.8 Å². The number of ether oxygens (including phenoxy) is 2. The Morgan fingerprint density at radius 2 is 1.93 bits per heavy atom. The fraction of sp³-hybridized carbons (Fsp3) is 0.286. The molecule has 158 valence electrons. The molecule has 0 radical (unpaired) electrons. The molecule has 2 amide bonds. The van der Waals surface area contributed by atoms with E-state index in [9.17, 15) is 9.59 Å². The first-order chi connectivity index (χ1) is 14.4. The third kappa shape index (κ3) is 5.06. The van der Waals surface area contributed by atoms with Crippen LogP contribution in [0.2, 0.25) is 5.02 Å². The Labute approximate surface area is 184 Å². The summed E-state index contributed by atoms with van der Waals surface area (Å²) >= 11 is 7.13. The molecule has 2 aromatic carbocycles. The summed E-state index contributed by atoms with van der Waals surface area (Å²) in [6.07, 6.45) is 0.0386. The van der Waals surface area contributed by atoms with Crippen LogP contribution in [0.5, 0.6) is 11.5 Å². The largest absolute Gasteiger partial charge is 0.497 e. The predicted molar refractivity (Wildman–Crippen MR) is 120 cm³/mol. The quantitative estimate of drug-likeness (QED) is 0.683. The second-order valence-corrected chi connectivity index (χ2v) is 7.99. The van der Waals surface area contributed by atoms with Crippen molar-refractivity contribution in [1.82, 2.24) is 4.90 Å². The molecule has 0 aliphatic carbocycles. The fourth-order valence-corrected chi connectivity index (χ4v) is 4.26. The van der Waals surface area contributed by atoms with Gasteiger partial charge < -0.3 is 14.8 Å². The van der Waals surface area contributed by atoms with E-state index >= 15 is 0 Å². The van der Waals surface area contributed by atoms with Gasteiger partial charge in [-0.15, -0.1) is 0 Å². The summed E-state index contributed by atoms with van der Waals surface area (Å²) in [5, 5.41) is 3.35. The molecule has 0 spiro atoms. The van der Waals surface area contributed by atoms with Gasteiger partial charge in [-0.2, -0.15) is 0 Å². The topological polar surface area (TPSA) is 80.2 Å². The van der Waals surface area contributed by atoms with Crippen molar-refractivity contribution in [3.8, 4) is 11.5 Å². The Balaban J connectivity index is 1.77. The van der Waals surface area contributed by atoms with Gasteiger partial charge in [0.15, 0.2) is 5.17 Å². The Hall–Kier alpha value is -2.71. The lowest BCUT2D eigenvalue weighted by Gasteiger charge is -2.14. The lowest BCUT2D eigenvalue weighted by molar-refractivity contribution is -0.128. The maximum Gasteiger partial charge on any atom is 0.242 e. The molecule has 1 N–H and O–H groups in total. The molecule has 1 heterocycles. The van der Waals surface area contributed by atoms with Gasteiger partial charge in [0.2, 0.25) is 11.8 Å². The SMILES string of the molecule is CCN1C(=O)C(CC(=O)Nc2ccc(Cl)cc2)SC1=Nc1cc(OC)ccc1OC. The van der Waals surface area contributed by atoms with Crippen molar-refractivity contribution < 1.29 is 19.1 Å². The van der Waals surface area contributed by atoms with Crippen LogP contribution >= 0.6 is 23.4 Å². The fourth-order valence-electron chi connectivity index (χ4n) is 2.92. The number of carbonyl (C=O) groups is 2. The van der Waals surface area contributed by atoms with Gasteiger partial charge in [-0.1, -0.05) is 23.4 Å². The normalized spacial score (nSPS) is 17.3. The van der Waals surface area contributed by atoms with Crippen molar-refractivity contribution in [2.75, 3.05) is 26.1 Å². The minimum atomic E-state index is -0.549. The number of aliphatic imine (C=N–C) groups is 1. The number of amides is 2. The molecule has 30 heavy (non-hydrogen) atoms. The lowest BCUT2D eigenvalue weighted by Crippen LogP contribution is -2.33. The Morgan fingerprint density at radius 1 is 1.20 bits per heavy atom. The van der Waals surface area contributed by atoms with Crippen LogP contribution in [0.15, 0.2) is 47.5 Å². The second kappa shape index (κ2) is 9.86. The third-order valence-electron chi connectivity index (χ3n) is 4.44. The number of nitrogens with one attached hydrogen (secondary N) is 1. The van der Waals surface area contributed by atoms with Gasteiger partial charge in [0, 0.05) is 29.7 Å². The number of benzene rings is 2. The molecule has 1 aliphatic rings. The molecule has 1 atom stereocenters. The Kier molecular flexibility index (Phi) is 7.23. The number of thioether (sulfide) groups is 1. The standard InChI is InChI=1S/C21H22ClN3O4S/c1-4-25-20(27)18(12-19(26)23-14-7-5-13(22)6-8-14)30-21(25)24-16-11-15(28-2)9-10-17(16)29-3/h5-11,18H,4,12H2,1-3H3,(H,23,26). The van der Waals surface area contributed by atoms with Crippen LogP contribution in [-0.4, -0.2) is 47.9 Å². The average molecular weight is 448 g/mol. The number of hydrogen-bond acceptors (Lipinski definition) is 6. The number of hydrogen-bond donors (Lipinski definition) is 1. The molecule has 7 nitrogen and oxygen atoms in total. The van der Waals surface area contributed by atoms with Gasteiger partial charge in [-0.25, -0.2) is 4.99 Å². The first-order valence-corrected chi connectivity index (χ1v) is 10.5. The van der Waals surface area contributed by atoms with E-state index in [4.69, 9.17) is 21.1 Å². The van der Waals surface area contributed by atoms with E-state index in [0.717, 1.165) is 0 Å². The van der Waals surface area contributed by atoms with Gasteiger partial charge >= 0.3 is 0 Å². The number of anilines is 1. The van der Waals surface area contributed by atoms with Crippen molar-refractivity contribution in [2.24, 2.45) is 4.99 Å². The van der Waals surface area contributed by atoms with E-state index in [-0.39, 0.29) is 18.2 Å². The number of halogens is 1. The van der Waals surface area contributed by atoms with Crippen LogP contribution in [0.4, 0.5) is 11.4 Å². The van der Waals surface area contributed by atoms with E-state index < -0.39 is 5.25 Å². The van der Waals surface area contributed by atoms with Gasteiger partial charge in [0.1, 0.15) is 22.4 Å². The first-order valence-electron chi connectivity index (χ1n) is 9.29. The van der Waals surface area contributed by atoms with Crippen molar-refractivity contribution in [3.05, 3.63) is 47.5 Å². The summed E-state index contributed by atoms with van der Waals surface area (Å²) in [6, 6.07) is 12.1. The smallest absolute Gasteiger partial charge is 0.242 e. The molecular formula is C21H22ClN3O4S. The highest BCUT2D eigenvalue weighted by molar-refractivity contribution is 8.15. The van der Waals surface area contributed by atoms with Crippen molar-refractivity contribution in [1.29, 1.82) is 0 Å². The molecule has 2 aromatic rings. The first kappa shape index (κ1) is 22.0. The van der Waals surface area contributed by atoms with Crippen molar-refractivity contribution in [2.45, 2.75) is 18.6 Å². The molecule has 0 aromatic heterocycles. The van der Waals surface area contributed by atoms with Crippen LogP contribution in [0.1, 0.15) is 13.3 Å². The average Bonchev–Trinajstić information content (AvgIpc) is 3.03. The maximum atomic E-state index is 12.8.